The van der Waals surface area contributed by atoms with Gasteiger partial charge in [0.1, 0.15) is 5.67 Å². The van der Waals surface area contributed by atoms with Crippen molar-refractivity contribution in [1.82, 2.24) is 5.32 Å². The summed E-state index contributed by atoms with van der Waals surface area (Å²) >= 11 is 0. The smallest absolute Gasteiger partial charge is 0.114 e. The van der Waals surface area contributed by atoms with Crippen molar-refractivity contribution >= 4 is 0 Å². The van der Waals surface area contributed by atoms with Crippen molar-refractivity contribution in [2.75, 3.05) is 0 Å². The molecule has 1 N–H and O–H groups in total. The van der Waals surface area contributed by atoms with Crippen molar-refractivity contribution < 1.29 is 4.39 Å². The number of unbranched alkanes of at least 4 members (excludes halogenated alkanes) is 3. The standard InChI is InChI=1S/C13H24FN/c1-2-3-4-5-8-13(14)9-11-6-7-12(10-13)15-11/h11-12,15H,2-10H2,1H3. The third-order valence-corrected chi connectivity index (χ3v) is 4.04. The molecule has 2 saturated heterocycles. The highest BCUT2D eigenvalue weighted by atomic mass is 19.1. The predicted molar refractivity (Wildman–Crippen MR) is 61.8 cm³/mol. The number of hydrogen-bond donors (Lipinski definition) is 1. The Bertz CT molecular complexity index is 193. The minimum Gasteiger partial charge on any atom is -0.311 e. The van der Waals surface area contributed by atoms with Crippen LogP contribution in [-0.2, 0) is 0 Å². The molecule has 0 aromatic rings. The summed E-state index contributed by atoms with van der Waals surface area (Å²) in [6, 6.07) is 0.972. The second-order valence-corrected chi connectivity index (χ2v) is 5.51. The highest BCUT2D eigenvalue weighted by Crippen LogP contribution is 2.39. The van der Waals surface area contributed by atoms with Crippen molar-refractivity contribution in [1.29, 1.82) is 0 Å². The van der Waals surface area contributed by atoms with E-state index in [1.807, 2.05) is 0 Å². The molecule has 2 fully saturated rings. The lowest BCUT2D eigenvalue weighted by Crippen LogP contribution is -2.46. The largest absolute Gasteiger partial charge is 0.311 e. The highest BCUT2D eigenvalue weighted by molar-refractivity contribution is 4.99. The summed E-state index contributed by atoms with van der Waals surface area (Å²) in [5.41, 5.74) is -0.829. The van der Waals surface area contributed by atoms with Crippen LogP contribution in [0.2, 0.25) is 0 Å². The molecule has 0 saturated carbocycles. The fourth-order valence-electron chi connectivity index (χ4n) is 3.26. The van der Waals surface area contributed by atoms with Gasteiger partial charge in [0, 0.05) is 12.1 Å². The molecule has 2 aliphatic heterocycles. The molecule has 0 radical (unpaired) electrons. The van der Waals surface area contributed by atoms with Crippen LogP contribution in [0.4, 0.5) is 4.39 Å². The van der Waals surface area contributed by atoms with Gasteiger partial charge >= 0.3 is 0 Å². The van der Waals surface area contributed by atoms with Gasteiger partial charge in [-0.05, 0) is 32.1 Å². The molecule has 2 rings (SSSR count). The van der Waals surface area contributed by atoms with E-state index in [0.29, 0.717) is 12.1 Å². The van der Waals surface area contributed by atoms with E-state index in [1.54, 1.807) is 0 Å². The first-order valence-electron chi connectivity index (χ1n) is 6.67. The maximum Gasteiger partial charge on any atom is 0.114 e. The number of fused-ring (bicyclic) bond motifs is 2. The van der Waals surface area contributed by atoms with Crippen LogP contribution in [0, 0.1) is 0 Å². The average Bonchev–Trinajstić information content (AvgIpc) is 2.54. The summed E-state index contributed by atoms with van der Waals surface area (Å²) in [6.45, 7) is 2.20. The normalized spacial score (nSPS) is 39.6. The Kier molecular flexibility index (Phi) is 3.65. The van der Waals surface area contributed by atoms with Crippen LogP contribution in [-0.4, -0.2) is 17.8 Å². The predicted octanol–water partition coefficient (Wildman–Crippen LogP) is 3.58. The van der Waals surface area contributed by atoms with Gasteiger partial charge in [0.05, 0.1) is 0 Å². The summed E-state index contributed by atoms with van der Waals surface area (Å²) < 4.78 is 14.5. The Morgan fingerprint density at radius 1 is 1.13 bits per heavy atom. The summed E-state index contributed by atoms with van der Waals surface area (Å²) in [4.78, 5) is 0. The molecule has 0 aromatic carbocycles. The van der Waals surface area contributed by atoms with E-state index in [4.69, 9.17) is 0 Å². The van der Waals surface area contributed by atoms with Crippen LogP contribution in [0.5, 0.6) is 0 Å². The molecular weight excluding hydrogens is 189 g/mol. The van der Waals surface area contributed by atoms with E-state index in [-0.39, 0.29) is 0 Å². The van der Waals surface area contributed by atoms with E-state index in [2.05, 4.69) is 12.2 Å². The summed E-state index contributed by atoms with van der Waals surface area (Å²) in [7, 11) is 0. The van der Waals surface area contributed by atoms with Crippen LogP contribution in [0.15, 0.2) is 0 Å². The van der Waals surface area contributed by atoms with Gasteiger partial charge in [0.15, 0.2) is 0 Å². The lowest BCUT2D eigenvalue weighted by atomic mass is 9.85. The number of piperidine rings is 1. The number of alkyl halides is 1. The van der Waals surface area contributed by atoms with Crippen molar-refractivity contribution in [3.8, 4) is 0 Å². The van der Waals surface area contributed by atoms with Gasteiger partial charge in [-0.3, -0.25) is 0 Å². The third kappa shape index (κ3) is 2.93. The quantitative estimate of drug-likeness (QED) is 0.688. The molecule has 2 bridgehead atoms. The Morgan fingerprint density at radius 2 is 1.80 bits per heavy atom. The van der Waals surface area contributed by atoms with Gasteiger partial charge in [-0.25, -0.2) is 4.39 Å². The number of halogens is 1. The van der Waals surface area contributed by atoms with E-state index in [1.165, 1.54) is 32.1 Å². The van der Waals surface area contributed by atoms with Gasteiger partial charge in [0.25, 0.3) is 0 Å². The number of rotatable bonds is 5. The lowest BCUT2D eigenvalue weighted by molar-refractivity contribution is 0.0764. The Labute approximate surface area is 92.8 Å². The zero-order valence-electron chi connectivity index (χ0n) is 9.90. The van der Waals surface area contributed by atoms with Crippen LogP contribution in [0.1, 0.15) is 64.7 Å². The molecule has 1 nitrogen and oxygen atoms in total. The molecule has 2 heterocycles. The third-order valence-electron chi connectivity index (χ3n) is 4.04. The minimum absolute atomic E-state index is 0.486. The van der Waals surface area contributed by atoms with Gasteiger partial charge in [-0.2, -0.15) is 0 Å². The van der Waals surface area contributed by atoms with E-state index < -0.39 is 5.67 Å². The Morgan fingerprint density at radius 3 is 2.40 bits per heavy atom. The topological polar surface area (TPSA) is 12.0 Å². The van der Waals surface area contributed by atoms with E-state index in [0.717, 1.165) is 25.7 Å². The molecular formula is C13H24FN. The minimum atomic E-state index is -0.829. The second kappa shape index (κ2) is 4.82. The van der Waals surface area contributed by atoms with Crippen molar-refractivity contribution in [3.05, 3.63) is 0 Å². The number of hydrogen-bond acceptors (Lipinski definition) is 1. The highest BCUT2D eigenvalue weighted by Gasteiger charge is 2.43. The average molecular weight is 213 g/mol. The zero-order valence-corrected chi connectivity index (χ0v) is 9.90. The molecule has 0 spiro atoms. The SMILES string of the molecule is CCCCCCC1(F)CC2CCC(C1)N2. The Hall–Kier alpha value is -0.110. The molecule has 0 amide bonds. The fraction of sp³-hybridized carbons (Fsp3) is 1.00. The van der Waals surface area contributed by atoms with E-state index >= 15 is 0 Å². The van der Waals surface area contributed by atoms with Crippen LogP contribution in [0.25, 0.3) is 0 Å². The maximum absolute atomic E-state index is 14.5. The molecule has 2 heteroatoms. The van der Waals surface area contributed by atoms with Gasteiger partial charge < -0.3 is 5.32 Å². The molecule has 2 aliphatic rings. The van der Waals surface area contributed by atoms with Crippen molar-refractivity contribution in [2.24, 2.45) is 0 Å². The second-order valence-electron chi connectivity index (χ2n) is 5.51. The zero-order chi connectivity index (χ0) is 10.7. The summed E-state index contributed by atoms with van der Waals surface area (Å²) in [5, 5.41) is 3.51. The molecule has 2 atom stereocenters. The monoisotopic (exact) mass is 213 g/mol. The maximum atomic E-state index is 14.5. The van der Waals surface area contributed by atoms with Gasteiger partial charge in [-0.1, -0.05) is 32.6 Å². The van der Waals surface area contributed by atoms with E-state index in [9.17, 15) is 4.39 Å². The fourth-order valence-corrected chi connectivity index (χ4v) is 3.26. The Balaban J connectivity index is 1.75. The molecule has 0 aromatic heterocycles. The van der Waals surface area contributed by atoms with Crippen LogP contribution in [0.3, 0.4) is 0 Å². The molecule has 15 heavy (non-hydrogen) atoms. The van der Waals surface area contributed by atoms with Crippen molar-refractivity contribution in [3.63, 3.8) is 0 Å². The lowest BCUT2D eigenvalue weighted by Gasteiger charge is -2.35. The first kappa shape index (κ1) is 11.4. The van der Waals surface area contributed by atoms with Crippen molar-refractivity contribution in [2.45, 2.75) is 82.5 Å². The summed E-state index contributed by atoms with van der Waals surface area (Å²) in [5.74, 6) is 0. The first-order chi connectivity index (χ1) is 7.22. The van der Waals surface area contributed by atoms with Gasteiger partial charge in [0.2, 0.25) is 0 Å². The molecule has 0 aliphatic carbocycles. The first-order valence-corrected chi connectivity index (χ1v) is 6.67. The molecule has 2 unspecified atom stereocenters. The van der Waals surface area contributed by atoms with Crippen LogP contribution >= 0.6 is 0 Å². The molecule has 88 valence electrons. The number of nitrogens with one attached hydrogen (secondary N) is 1. The van der Waals surface area contributed by atoms with Crippen LogP contribution < -0.4 is 5.32 Å². The van der Waals surface area contributed by atoms with Gasteiger partial charge in [-0.15, -0.1) is 0 Å². The summed E-state index contributed by atoms with van der Waals surface area (Å²) in [6.07, 6.45) is 9.56.